The Labute approximate surface area is 374 Å². The van der Waals surface area contributed by atoms with E-state index in [0.29, 0.717) is 17.5 Å². The first-order chi connectivity index (χ1) is 30.7. The lowest BCUT2D eigenvalue weighted by molar-refractivity contribution is -0.135. The van der Waals surface area contributed by atoms with Crippen molar-refractivity contribution < 1.29 is 46.8 Å². The number of aryl methyl sites for hydroxylation is 1. The lowest BCUT2D eigenvalue weighted by atomic mass is 9.99. The summed E-state index contributed by atoms with van der Waals surface area (Å²) >= 11 is 1.33. The molecule has 0 saturated heterocycles. The van der Waals surface area contributed by atoms with E-state index in [4.69, 9.17) is 0 Å². The summed E-state index contributed by atoms with van der Waals surface area (Å²) < 4.78 is 32.5. The lowest BCUT2D eigenvalue weighted by Crippen LogP contribution is -2.59. The summed E-state index contributed by atoms with van der Waals surface area (Å²) in [4.78, 5) is 83.7. The highest BCUT2D eigenvalue weighted by molar-refractivity contribution is 7.85. The number of fused-ring (bicyclic) bond motifs is 18. The van der Waals surface area contributed by atoms with Gasteiger partial charge in [0.25, 0.3) is 16.0 Å². The van der Waals surface area contributed by atoms with Crippen LogP contribution in [0.4, 0.5) is 5.69 Å². The first-order valence-electron chi connectivity index (χ1n) is 20.4. The number of rotatable bonds is 11. The van der Waals surface area contributed by atoms with Crippen LogP contribution in [0, 0.1) is 0 Å². The van der Waals surface area contributed by atoms with Crippen molar-refractivity contribution in [1.82, 2.24) is 26.6 Å². The number of carbonyl (C=O) groups is 6. The van der Waals surface area contributed by atoms with Crippen LogP contribution in [-0.4, -0.2) is 89.7 Å². The predicted molar refractivity (Wildman–Crippen MR) is 240 cm³/mol. The number of carbonyl (C=O) groups excluding carboxylic acids is 6. The molecule has 0 spiro atoms. The number of aliphatic hydroxyl groups is 1. The number of amides is 6. The van der Waals surface area contributed by atoms with Crippen molar-refractivity contribution in [2.45, 2.75) is 68.8 Å². The minimum atomic E-state index is -4.66. The van der Waals surface area contributed by atoms with Crippen LogP contribution in [0.5, 0.6) is 0 Å². The highest BCUT2D eigenvalue weighted by Crippen LogP contribution is 2.21. The van der Waals surface area contributed by atoms with Crippen molar-refractivity contribution >= 4 is 62.6 Å². The van der Waals surface area contributed by atoms with Gasteiger partial charge >= 0.3 is 0 Å². The van der Waals surface area contributed by atoms with Gasteiger partial charge in [-0.25, -0.2) is 0 Å². The Bertz CT molecular complexity index is 2510. The van der Waals surface area contributed by atoms with E-state index in [2.05, 4.69) is 31.9 Å². The van der Waals surface area contributed by atoms with Crippen LogP contribution >= 0.6 is 11.3 Å². The Balaban J connectivity index is 1.37. The molecule has 8 N–H and O–H groups in total. The molecule has 4 aromatic carbocycles. The Morgan fingerprint density at radius 2 is 1.25 bits per heavy atom. The zero-order valence-corrected chi connectivity index (χ0v) is 36.1. The highest BCUT2D eigenvalue weighted by atomic mass is 32.2. The Morgan fingerprint density at radius 1 is 0.641 bits per heavy atom. The molecule has 2 aliphatic heterocycles. The number of thiophene rings is 1. The van der Waals surface area contributed by atoms with E-state index < -0.39 is 88.1 Å². The van der Waals surface area contributed by atoms with E-state index in [-0.39, 0.29) is 31.4 Å². The summed E-state index contributed by atoms with van der Waals surface area (Å²) in [6.45, 7) is 0. The zero-order chi connectivity index (χ0) is 45.6. The van der Waals surface area contributed by atoms with Crippen LogP contribution in [0.1, 0.15) is 34.4 Å². The number of nitrogens with one attached hydrogen (secondary N) is 6. The van der Waals surface area contributed by atoms with Crippen LogP contribution in [0.15, 0.2) is 127 Å². The fourth-order valence-electron chi connectivity index (χ4n) is 6.99. The molecule has 5 atom stereocenters. The van der Waals surface area contributed by atoms with E-state index >= 15 is 0 Å². The molecule has 2 aliphatic rings. The maximum atomic E-state index is 14.6. The maximum Gasteiger partial charge on any atom is 0.283 e. The Morgan fingerprint density at radius 3 is 1.89 bits per heavy atom. The van der Waals surface area contributed by atoms with Gasteiger partial charge in [0, 0.05) is 29.8 Å². The molecule has 3 heterocycles. The zero-order valence-electron chi connectivity index (χ0n) is 34.4. The quantitative estimate of drug-likeness (QED) is 0.0711. The van der Waals surface area contributed by atoms with Crippen LogP contribution < -0.4 is 31.9 Å². The van der Waals surface area contributed by atoms with Gasteiger partial charge < -0.3 is 37.0 Å². The Hall–Kier alpha value is -6.73. The smallest absolute Gasteiger partial charge is 0.283 e. The molecule has 5 unspecified atom stereocenters. The number of hydrogen-bond donors (Lipinski definition) is 8. The predicted octanol–water partition coefficient (Wildman–Crippen LogP) is 2.68. The number of anilines is 1. The van der Waals surface area contributed by atoms with Gasteiger partial charge in [0.1, 0.15) is 36.1 Å². The molecule has 0 saturated carbocycles. The van der Waals surface area contributed by atoms with Gasteiger partial charge in [-0.3, -0.25) is 33.3 Å². The minimum Gasteiger partial charge on any atom is -0.383 e. The second kappa shape index (κ2) is 22.1. The molecule has 18 heteroatoms. The van der Waals surface area contributed by atoms with Gasteiger partial charge in [-0.05, 0) is 64.2 Å². The van der Waals surface area contributed by atoms with Crippen LogP contribution in [0.3, 0.4) is 0 Å². The summed E-state index contributed by atoms with van der Waals surface area (Å²) in [5.74, 6) is -6.16. The van der Waals surface area contributed by atoms with Crippen molar-refractivity contribution in [3.8, 4) is 11.1 Å². The fourth-order valence-corrected chi connectivity index (χ4v) is 8.07. The van der Waals surface area contributed by atoms with E-state index in [1.165, 1.54) is 35.6 Å². The van der Waals surface area contributed by atoms with Crippen molar-refractivity contribution in [3.05, 3.63) is 148 Å². The molecule has 16 nitrogen and oxygen atoms in total. The summed E-state index contributed by atoms with van der Waals surface area (Å²) in [5.41, 5.74) is 4.01. The van der Waals surface area contributed by atoms with E-state index in [1.807, 2.05) is 72.8 Å². The molecule has 64 heavy (non-hydrogen) atoms. The fraction of sp³-hybridized carbons (Fsp3) is 0.261. The van der Waals surface area contributed by atoms with Gasteiger partial charge in [-0.2, -0.15) is 8.42 Å². The standard InChI is InChI=1S/C46H48N6O10S2/c53-40-27-41(54)49-39(26-35-12-7-23-63-35)45(58)52-38(25-30-13-18-33(19-14-30)32-10-5-2-6-11-32)44(57)50-36(22-17-29-8-3-1-4-9-29)43(56)51-37(42(55)47-28-64(60,61)62)24-31-15-20-34(21-16-31)48-46(40)59/h1-16,18-21,23,36-40,53H,17,22,24-28H2,(H,47,55)(H,48,59)(H,49,54)(H,50,57)(H,51,56)(H,52,58)(H,60,61,62). The van der Waals surface area contributed by atoms with Gasteiger partial charge in [-0.15, -0.1) is 11.3 Å². The number of hydrogen-bond acceptors (Lipinski definition) is 10. The summed E-state index contributed by atoms with van der Waals surface area (Å²) in [7, 11) is -4.66. The van der Waals surface area contributed by atoms with Gasteiger partial charge in [-0.1, -0.05) is 103 Å². The molecule has 1 aromatic heterocycles. The third-order valence-corrected chi connectivity index (χ3v) is 11.8. The molecule has 2 bridgehead atoms. The topological polar surface area (TPSA) is 249 Å². The molecule has 0 radical (unpaired) electrons. The monoisotopic (exact) mass is 908 g/mol. The highest BCUT2D eigenvalue weighted by Gasteiger charge is 2.33. The molecule has 334 valence electrons. The average Bonchev–Trinajstić information content (AvgIpc) is 3.80. The molecule has 0 aliphatic carbocycles. The first kappa shape index (κ1) is 46.8. The maximum absolute atomic E-state index is 14.6. The second-order valence-corrected chi connectivity index (χ2v) is 17.7. The SMILES string of the molecule is O=C1CC(O)C(=O)Nc2ccc(cc2)CC(C(=O)NCS(=O)(=O)O)NC(=O)C(CCc2ccccc2)NC(=O)C(Cc2ccc(-c3ccccc3)cc2)NC(=O)C(Cc2cccs2)N1. The van der Waals surface area contributed by atoms with Crippen LogP contribution in [0.25, 0.3) is 11.1 Å². The molecular formula is C46H48N6O10S2. The van der Waals surface area contributed by atoms with Crippen molar-refractivity contribution in [2.75, 3.05) is 11.2 Å². The van der Waals surface area contributed by atoms with E-state index in [9.17, 15) is 46.8 Å². The summed E-state index contributed by atoms with van der Waals surface area (Å²) in [5, 5.41) is 28.0. The van der Waals surface area contributed by atoms with Gasteiger partial charge in [0.15, 0.2) is 0 Å². The van der Waals surface area contributed by atoms with E-state index in [1.54, 1.807) is 29.6 Å². The normalized spacial score (nSPS) is 20.4. The molecular weight excluding hydrogens is 861 g/mol. The Kier molecular flexibility index (Phi) is 16.1. The molecule has 7 rings (SSSR count). The van der Waals surface area contributed by atoms with Gasteiger partial charge in [0.05, 0.1) is 6.42 Å². The van der Waals surface area contributed by atoms with Crippen LogP contribution in [-0.2, 0) is 64.6 Å². The van der Waals surface area contributed by atoms with Crippen molar-refractivity contribution in [1.29, 1.82) is 0 Å². The number of benzene rings is 4. The van der Waals surface area contributed by atoms with E-state index in [0.717, 1.165) is 21.6 Å². The molecule has 0 fully saturated rings. The first-order valence-corrected chi connectivity index (χ1v) is 22.9. The van der Waals surface area contributed by atoms with Crippen molar-refractivity contribution in [2.24, 2.45) is 0 Å². The lowest BCUT2D eigenvalue weighted by Gasteiger charge is -2.27. The van der Waals surface area contributed by atoms with Gasteiger partial charge in [0.2, 0.25) is 29.5 Å². The summed E-state index contributed by atoms with van der Waals surface area (Å²) in [6.07, 6.45) is -2.46. The molecule has 6 amide bonds. The molecule has 5 aromatic rings. The van der Waals surface area contributed by atoms with Crippen LogP contribution in [0.2, 0.25) is 0 Å². The third-order valence-electron chi connectivity index (χ3n) is 10.4. The number of aliphatic hydroxyl groups excluding tert-OH is 1. The average molecular weight is 909 g/mol. The van der Waals surface area contributed by atoms with Crippen molar-refractivity contribution in [3.63, 3.8) is 0 Å². The summed E-state index contributed by atoms with van der Waals surface area (Å²) in [6, 6.07) is 30.3. The third kappa shape index (κ3) is 14.1. The largest absolute Gasteiger partial charge is 0.383 e. The minimum absolute atomic E-state index is 0.00708. The second-order valence-electron chi connectivity index (χ2n) is 15.3.